The highest BCUT2D eigenvalue weighted by atomic mass is 16.5. The average Bonchev–Trinajstić information content (AvgIpc) is 2.88. The van der Waals surface area contributed by atoms with E-state index in [0.29, 0.717) is 0 Å². The van der Waals surface area contributed by atoms with Gasteiger partial charge in [0, 0.05) is 24.5 Å². The second kappa shape index (κ2) is 7.55. The van der Waals surface area contributed by atoms with Crippen LogP contribution < -0.4 is 9.80 Å². The highest BCUT2D eigenvalue weighted by Crippen LogP contribution is 2.37. The summed E-state index contributed by atoms with van der Waals surface area (Å²) in [5.41, 5.74) is 10.6. The fraction of sp³-hybridized carbons (Fsp3) is 0.500. The lowest BCUT2D eigenvalue weighted by molar-refractivity contribution is 0.0163. The number of hydrogen-bond acceptors (Lipinski definition) is 3. The Balaban J connectivity index is 2.07. The number of hydrogen-bond donors (Lipinski definition) is 0. The Bertz CT molecular complexity index is 729. The maximum atomic E-state index is 6.48. The van der Waals surface area contributed by atoms with E-state index in [1.54, 1.807) is 0 Å². The molecule has 0 unspecified atom stereocenters. The first kappa shape index (κ1) is 19.8. The molecule has 0 amide bonds. The molecule has 1 saturated heterocycles. The van der Waals surface area contributed by atoms with Gasteiger partial charge in [-0.05, 0) is 77.6 Å². The Morgan fingerprint density at radius 2 is 1.04 bits per heavy atom. The number of benzene rings is 2. The summed E-state index contributed by atoms with van der Waals surface area (Å²) in [5.74, 6) is 0. The van der Waals surface area contributed by atoms with Crippen LogP contribution in [-0.2, 0) is 4.74 Å². The fourth-order valence-electron chi connectivity index (χ4n) is 4.69. The van der Waals surface area contributed by atoms with Gasteiger partial charge in [0.05, 0.1) is 6.10 Å². The molecule has 0 bridgehead atoms. The van der Waals surface area contributed by atoms with Gasteiger partial charge < -0.3 is 14.5 Å². The molecule has 146 valence electrons. The number of anilines is 2. The second-order valence-corrected chi connectivity index (χ2v) is 8.39. The number of ether oxygens (including phenoxy) is 1. The van der Waals surface area contributed by atoms with Gasteiger partial charge in [0.1, 0.15) is 0 Å². The minimum absolute atomic E-state index is 0.0785. The third-order valence-electron chi connectivity index (χ3n) is 5.35. The first-order chi connectivity index (χ1) is 12.7. The topological polar surface area (TPSA) is 15.7 Å². The van der Waals surface area contributed by atoms with Crippen molar-refractivity contribution >= 4 is 11.4 Å². The van der Waals surface area contributed by atoms with Crippen molar-refractivity contribution in [2.24, 2.45) is 0 Å². The van der Waals surface area contributed by atoms with Crippen molar-refractivity contribution in [3.05, 3.63) is 57.6 Å². The zero-order chi connectivity index (χ0) is 19.9. The minimum atomic E-state index is -0.0785. The molecule has 0 aromatic heterocycles. The minimum Gasteiger partial charge on any atom is -0.338 e. The zero-order valence-electron chi connectivity index (χ0n) is 18.2. The largest absolute Gasteiger partial charge is 0.338 e. The first-order valence-electron chi connectivity index (χ1n) is 10.0. The van der Waals surface area contributed by atoms with Crippen LogP contribution in [0.2, 0.25) is 0 Å². The SMILES string of the molecule is Cc1cc(C)c(N2CCN(c3c(C)cc(C)cc3C)C2OC(C)C)c(C)c1. The summed E-state index contributed by atoms with van der Waals surface area (Å²) in [5, 5.41) is 0. The van der Waals surface area contributed by atoms with Gasteiger partial charge >= 0.3 is 0 Å². The van der Waals surface area contributed by atoms with Crippen LogP contribution in [0.15, 0.2) is 24.3 Å². The molecule has 0 aliphatic carbocycles. The summed E-state index contributed by atoms with van der Waals surface area (Å²) in [6.07, 6.45) is 0.0837. The predicted molar refractivity (Wildman–Crippen MR) is 116 cm³/mol. The van der Waals surface area contributed by atoms with Gasteiger partial charge in [-0.3, -0.25) is 0 Å². The third-order valence-corrected chi connectivity index (χ3v) is 5.35. The van der Waals surface area contributed by atoms with Crippen LogP contribution in [0.4, 0.5) is 11.4 Å². The molecule has 1 heterocycles. The van der Waals surface area contributed by atoms with Gasteiger partial charge in [-0.15, -0.1) is 0 Å². The summed E-state index contributed by atoms with van der Waals surface area (Å²) in [4.78, 5) is 4.89. The van der Waals surface area contributed by atoms with Gasteiger partial charge in [-0.25, -0.2) is 0 Å². The maximum Gasteiger partial charge on any atom is 0.210 e. The van der Waals surface area contributed by atoms with Gasteiger partial charge in [0.25, 0.3) is 0 Å². The normalized spacial score (nSPS) is 15.3. The molecule has 27 heavy (non-hydrogen) atoms. The van der Waals surface area contributed by atoms with Crippen LogP contribution in [-0.4, -0.2) is 25.5 Å². The van der Waals surface area contributed by atoms with E-state index < -0.39 is 0 Å². The van der Waals surface area contributed by atoms with Crippen molar-refractivity contribution in [3.8, 4) is 0 Å². The molecule has 1 aliphatic heterocycles. The standard InChI is InChI=1S/C24H34N2O/c1-15(2)27-24-25(22-18(5)11-16(3)12-19(22)6)9-10-26(24)23-20(7)13-17(4)14-21(23)8/h11-15,24H,9-10H2,1-8H3. The lowest BCUT2D eigenvalue weighted by atomic mass is 10.0. The Morgan fingerprint density at radius 3 is 1.33 bits per heavy atom. The lowest BCUT2D eigenvalue weighted by Crippen LogP contribution is -2.44. The van der Waals surface area contributed by atoms with E-state index in [9.17, 15) is 0 Å². The highest BCUT2D eigenvalue weighted by molar-refractivity contribution is 5.67. The van der Waals surface area contributed by atoms with Gasteiger partial charge in [-0.2, -0.15) is 0 Å². The van der Waals surface area contributed by atoms with Crippen molar-refractivity contribution in [2.45, 2.75) is 67.8 Å². The summed E-state index contributed by atoms with van der Waals surface area (Å²) in [7, 11) is 0. The smallest absolute Gasteiger partial charge is 0.210 e. The number of rotatable bonds is 4. The van der Waals surface area contributed by atoms with E-state index in [1.807, 2.05) is 0 Å². The van der Waals surface area contributed by atoms with Crippen LogP contribution in [0, 0.1) is 41.5 Å². The van der Waals surface area contributed by atoms with Crippen molar-refractivity contribution in [1.29, 1.82) is 0 Å². The third kappa shape index (κ3) is 3.84. The summed E-state index contributed by atoms with van der Waals surface area (Å²) in [6, 6.07) is 9.11. The Kier molecular flexibility index (Phi) is 5.53. The molecule has 3 heteroatoms. The van der Waals surface area contributed by atoms with Crippen molar-refractivity contribution in [3.63, 3.8) is 0 Å². The fourth-order valence-corrected chi connectivity index (χ4v) is 4.69. The van der Waals surface area contributed by atoms with E-state index >= 15 is 0 Å². The van der Waals surface area contributed by atoms with Gasteiger partial charge in [0.15, 0.2) is 0 Å². The Labute approximate surface area is 164 Å². The van der Waals surface area contributed by atoms with E-state index in [1.165, 1.54) is 44.8 Å². The average molecular weight is 367 g/mol. The van der Waals surface area contributed by atoms with Crippen LogP contribution in [0.25, 0.3) is 0 Å². The molecule has 0 atom stereocenters. The predicted octanol–water partition coefficient (Wildman–Crippen LogP) is 5.57. The van der Waals surface area contributed by atoms with Crippen LogP contribution in [0.1, 0.15) is 47.2 Å². The molecule has 0 spiro atoms. The van der Waals surface area contributed by atoms with E-state index in [0.717, 1.165) is 13.1 Å². The first-order valence-corrected chi connectivity index (χ1v) is 10.0. The lowest BCUT2D eigenvalue weighted by Gasteiger charge is -2.36. The molecule has 3 rings (SSSR count). The van der Waals surface area contributed by atoms with E-state index in [-0.39, 0.29) is 12.5 Å². The summed E-state index contributed by atoms with van der Waals surface area (Å²) >= 11 is 0. The molecule has 2 aromatic carbocycles. The molecule has 3 nitrogen and oxygen atoms in total. The Hall–Kier alpha value is -2.00. The summed E-state index contributed by atoms with van der Waals surface area (Å²) < 4.78 is 6.48. The molecule has 1 aliphatic rings. The van der Waals surface area contributed by atoms with Gasteiger partial charge in [0.2, 0.25) is 6.35 Å². The molecular weight excluding hydrogens is 332 g/mol. The summed E-state index contributed by atoms with van der Waals surface area (Å²) in [6.45, 7) is 19.4. The Morgan fingerprint density at radius 1 is 0.704 bits per heavy atom. The van der Waals surface area contributed by atoms with Crippen molar-refractivity contribution in [2.75, 3.05) is 22.9 Å². The van der Waals surface area contributed by atoms with Crippen LogP contribution >= 0.6 is 0 Å². The highest BCUT2D eigenvalue weighted by Gasteiger charge is 2.36. The zero-order valence-corrected chi connectivity index (χ0v) is 18.2. The molecule has 0 saturated carbocycles. The molecule has 0 N–H and O–H groups in total. The molecule has 2 aromatic rings. The van der Waals surface area contributed by atoms with Gasteiger partial charge in [-0.1, -0.05) is 35.4 Å². The quantitative estimate of drug-likeness (QED) is 0.703. The maximum absolute atomic E-state index is 6.48. The van der Waals surface area contributed by atoms with Crippen molar-refractivity contribution < 1.29 is 4.74 Å². The second-order valence-electron chi connectivity index (χ2n) is 8.39. The van der Waals surface area contributed by atoms with Crippen molar-refractivity contribution in [1.82, 2.24) is 0 Å². The molecular formula is C24H34N2O. The van der Waals surface area contributed by atoms with Crippen LogP contribution in [0.5, 0.6) is 0 Å². The molecule has 1 fully saturated rings. The van der Waals surface area contributed by atoms with E-state index in [4.69, 9.17) is 4.74 Å². The number of aryl methyl sites for hydroxylation is 6. The van der Waals surface area contributed by atoms with Crippen LogP contribution in [0.3, 0.4) is 0 Å². The van der Waals surface area contributed by atoms with E-state index in [2.05, 4.69) is 89.5 Å². The number of nitrogens with zero attached hydrogens (tertiary/aromatic N) is 2. The molecule has 0 radical (unpaired) electrons. The monoisotopic (exact) mass is 366 g/mol.